The van der Waals surface area contributed by atoms with Crippen LogP contribution in [-0.4, -0.2) is 25.0 Å². The van der Waals surface area contributed by atoms with Crippen molar-refractivity contribution in [3.8, 4) is 0 Å². The van der Waals surface area contributed by atoms with Gasteiger partial charge in [0, 0.05) is 30.6 Å². The summed E-state index contributed by atoms with van der Waals surface area (Å²) < 4.78 is 5.54. The van der Waals surface area contributed by atoms with E-state index in [2.05, 4.69) is 5.32 Å². The van der Waals surface area contributed by atoms with Crippen molar-refractivity contribution in [2.75, 3.05) is 24.7 Å². The number of Topliss-reactive ketones (excluding diaryl/α,β-unsaturated/α-hetero) is 1. The maximum Gasteiger partial charge on any atom is 0.161 e. The molecule has 1 aromatic carbocycles. The summed E-state index contributed by atoms with van der Waals surface area (Å²) in [6, 6.07) is 5.45. The van der Waals surface area contributed by atoms with Gasteiger partial charge in [0.1, 0.15) is 0 Å². The molecule has 3 N–H and O–H groups in total. The van der Waals surface area contributed by atoms with Crippen LogP contribution < -0.4 is 11.1 Å². The number of rotatable bonds is 5. The molecule has 0 radical (unpaired) electrons. The summed E-state index contributed by atoms with van der Waals surface area (Å²) in [6.07, 6.45) is 3.41. The van der Waals surface area contributed by atoms with E-state index in [0.29, 0.717) is 11.3 Å². The second-order valence-electron chi connectivity index (χ2n) is 4.95. The van der Waals surface area contributed by atoms with E-state index in [-0.39, 0.29) is 11.4 Å². The number of nitrogens with two attached hydrogens (primary N) is 1. The second kappa shape index (κ2) is 4.98. The Bertz CT molecular complexity index is 448. The number of anilines is 2. The Morgan fingerprint density at radius 1 is 1.50 bits per heavy atom. The Kier molecular flexibility index (Phi) is 3.57. The minimum absolute atomic E-state index is 0.00796. The highest BCUT2D eigenvalue weighted by molar-refractivity contribution is 5.99. The minimum atomic E-state index is -0.0198. The molecule has 0 unspecified atom stereocenters. The lowest BCUT2D eigenvalue weighted by atomic mass is 9.80. The van der Waals surface area contributed by atoms with Gasteiger partial charge in [-0.15, -0.1) is 0 Å². The van der Waals surface area contributed by atoms with E-state index >= 15 is 0 Å². The number of ketones is 1. The summed E-state index contributed by atoms with van der Waals surface area (Å²) in [5.41, 5.74) is 7.86. The van der Waals surface area contributed by atoms with Gasteiger partial charge in [-0.25, -0.2) is 0 Å². The molecule has 1 saturated carbocycles. The van der Waals surface area contributed by atoms with Crippen molar-refractivity contribution in [2.24, 2.45) is 0 Å². The first kappa shape index (κ1) is 12.9. The Balaban J connectivity index is 2.02. The van der Waals surface area contributed by atoms with Crippen molar-refractivity contribution in [1.82, 2.24) is 0 Å². The maximum absolute atomic E-state index is 11.3. The number of carbonyl (C=O) groups is 1. The van der Waals surface area contributed by atoms with Crippen LogP contribution in [0.3, 0.4) is 0 Å². The van der Waals surface area contributed by atoms with Crippen LogP contribution in [0, 0.1) is 0 Å². The molecule has 1 aromatic rings. The zero-order valence-corrected chi connectivity index (χ0v) is 11.0. The number of ether oxygens (including phenoxy) is 1. The predicted octanol–water partition coefficient (Wildman–Crippen LogP) is 2.45. The van der Waals surface area contributed by atoms with Crippen LogP contribution in [0.25, 0.3) is 0 Å². The molecule has 0 spiro atoms. The Labute approximate surface area is 108 Å². The van der Waals surface area contributed by atoms with Gasteiger partial charge in [-0.2, -0.15) is 0 Å². The molecule has 1 fully saturated rings. The number of methoxy groups -OCH3 is 1. The Morgan fingerprint density at radius 2 is 2.22 bits per heavy atom. The van der Waals surface area contributed by atoms with E-state index in [1.54, 1.807) is 19.2 Å². The summed E-state index contributed by atoms with van der Waals surface area (Å²) in [4.78, 5) is 11.3. The molecule has 0 heterocycles. The molecule has 0 saturated heterocycles. The van der Waals surface area contributed by atoms with E-state index in [0.717, 1.165) is 25.1 Å². The molecule has 1 aliphatic carbocycles. The largest absolute Gasteiger partial charge is 0.398 e. The number of hydrogen-bond acceptors (Lipinski definition) is 4. The van der Waals surface area contributed by atoms with Crippen LogP contribution in [0.5, 0.6) is 0 Å². The van der Waals surface area contributed by atoms with E-state index < -0.39 is 0 Å². The SMILES string of the molecule is COC1(CNc2ccc(C(C)=O)c(N)c2)CCC1. The van der Waals surface area contributed by atoms with Crippen LogP contribution >= 0.6 is 0 Å². The average molecular weight is 248 g/mol. The Morgan fingerprint density at radius 3 is 2.67 bits per heavy atom. The molecular formula is C14H20N2O2. The van der Waals surface area contributed by atoms with E-state index in [1.165, 1.54) is 13.3 Å². The van der Waals surface area contributed by atoms with Gasteiger partial charge in [-0.1, -0.05) is 0 Å². The number of carbonyl (C=O) groups excluding carboxylic acids is 1. The fraction of sp³-hybridized carbons (Fsp3) is 0.500. The summed E-state index contributed by atoms with van der Waals surface area (Å²) in [7, 11) is 1.76. The van der Waals surface area contributed by atoms with Crippen molar-refractivity contribution in [3.05, 3.63) is 23.8 Å². The van der Waals surface area contributed by atoms with Crippen LogP contribution in [0.2, 0.25) is 0 Å². The quantitative estimate of drug-likeness (QED) is 0.620. The normalized spacial score (nSPS) is 17.0. The zero-order chi connectivity index (χ0) is 13.2. The summed E-state index contributed by atoms with van der Waals surface area (Å²) in [5.74, 6) is -0.00796. The number of nitrogens with one attached hydrogen (secondary N) is 1. The molecule has 2 rings (SSSR count). The van der Waals surface area contributed by atoms with Gasteiger partial charge in [0.05, 0.1) is 5.60 Å². The molecular weight excluding hydrogens is 228 g/mol. The van der Waals surface area contributed by atoms with Crippen molar-refractivity contribution in [3.63, 3.8) is 0 Å². The molecule has 18 heavy (non-hydrogen) atoms. The lowest BCUT2D eigenvalue weighted by Crippen LogP contribution is -2.45. The predicted molar refractivity (Wildman–Crippen MR) is 72.9 cm³/mol. The summed E-state index contributed by atoms with van der Waals surface area (Å²) in [5, 5.41) is 3.33. The molecule has 4 nitrogen and oxygen atoms in total. The highest BCUT2D eigenvalue weighted by Crippen LogP contribution is 2.35. The average Bonchev–Trinajstić information content (AvgIpc) is 2.27. The van der Waals surface area contributed by atoms with Crippen molar-refractivity contribution >= 4 is 17.2 Å². The molecule has 0 amide bonds. The van der Waals surface area contributed by atoms with E-state index in [1.807, 2.05) is 6.07 Å². The monoisotopic (exact) mass is 248 g/mol. The third-order valence-electron chi connectivity index (χ3n) is 3.74. The fourth-order valence-electron chi connectivity index (χ4n) is 2.28. The smallest absolute Gasteiger partial charge is 0.161 e. The third kappa shape index (κ3) is 2.48. The fourth-order valence-corrected chi connectivity index (χ4v) is 2.28. The first-order chi connectivity index (χ1) is 8.56. The molecule has 98 valence electrons. The first-order valence-corrected chi connectivity index (χ1v) is 6.26. The lowest BCUT2D eigenvalue weighted by molar-refractivity contribution is -0.0601. The standard InChI is InChI=1S/C14H20N2O2/c1-10(17)12-5-4-11(8-13(12)15)16-9-14(18-2)6-3-7-14/h4-5,8,16H,3,6-7,9,15H2,1-2H3. The van der Waals surface area contributed by atoms with Gasteiger partial charge < -0.3 is 15.8 Å². The van der Waals surface area contributed by atoms with Gasteiger partial charge in [-0.05, 0) is 44.4 Å². The second-order valence-corrected chi connectivity index (χ2v) is 4.95. The van der Waals surface area contributed by atoms with Gasteiger partial charge in [0.25, 0.3) is 0 Å². The minimum Gasteiger partial charge on any atom is -0.398 e. The molecule has 0 bridgehead atoms. The van der Waals surface area contributed by atoms with Crippen LogP contribution in [0.4, 0.5) is 11.4 Å². The zero-order valence-electron chi connectivity index (χ0n) is 11.0. The number of benzene rings is 1. The Hall–Kier alpha value is -1.55. The van der Waals surface area contributed by atoms with E-state index in [4.69, 9.17) is 10.5 Å². The summed E-state index contributed by atoms with van der Waals surface area (Å²) >= 11 is 0. The lowest BCUT2D eigenvalue weighted by Gasteiger charge is -2.40. The number of hydrogen-bond donors (Lipinski definition) is 2. The molecule has 4 heteroatoms. The first-order valence-electron chi connectivity index (χ1n) is 6.26. The van der Waals surface area contributed by atoms with Crippen molar-refractivity contribution < 1.29 is 9.53 Å². The highest BCUT2D eigenvalue weighted by atomic mass is 16.5. The molecule has 0 aromatic heterocycles. The third-order valence-corrected chi connectivity index (χ3v) is 3.74. The van der Waals surface area contributed by atoms with Crippen LogP contribution in [-0.2, 0) is 4.74 Å². The van der Waals surface area contributed by atoms with Gasteiger partial charge >= 0.3 is 0 Å². The van der Waals surface area contributed by atoms with Gasteiger partial charge in [0.15, 0.2) is 5.78 Å². The van der Waals surface area contributed by atoms with E-state index in [9.17, 15) is 4.79 Å². The van der Waals surface area contributed by atoms with Crippen molar-refractivity contribution in [2.45, 2.75) is 31.8 Å². The maximum atomic E-state index is 11.3. The van der Waals surface area contributed by atoms with Crippen LogP contribution in [0.15, 0.2) is 18.2 Å². The highest BCUT2D eigenvalue weighted by Gasteiger charge is 2.36. The topological polar surface area (TPSA) is 64.3 Å². The van der Waals surface area contributed by atoms with Crippen LogP contribution in [0.1, 0.15) is 36.5 Å². The van der Waals surface area contributed by atoms with Gasteiger partial charge in [-0.3, -0.25) is 4.79 Å². The molecule has 0 aliphatic heterocycles. The number of nitrogen functional groups attached to an aromatic ring is 1. The van der Waals surface area contributed by atoms with Crippen molar-refractivity contribution in [1.29, 1.82) is 0 Å². The molecule has 1 aliphatic rings. The van der Waals surface area contributed by atoms with Gasteiger partial charge in [0.2, 0.25) is 0 Å². The molecule has 0 atom stereocenters. The summed E-state index contributed by atoms with van der Waals surface area (Å²) in [6.45, 7) is 2.30.